The fraction of sp³-hybridized carbons (Fsp3) is 0.231. The van der Waals surface area contributed by atoms with E-state index in [0.29, 0.717) is 18.1 Å². The number of sulfonamides is 1. The average Bonchev–Trinajstić information content (AvgIpc) is 2.92. The van der Waals surface area contributed by atoms with Crippen molar-refractivity contribution in [3.8, 4) is 11.5 Å². The maximum Gasteiger partial charge on any atom is 0.250 e. The second kappa shape index (κ2) is 5.96. The lowest BCUT2D eigenvalue weighted by Crippen LogP contribution is -2.40. The van der Waals surface area contributed by atoms with E-state index in [-0.39, 0.29) is 16.9 Å². The number of hydrogen-bond donors (Lipinski definition) is 1. The number of nitrogens with one attached hydrogen (secondary N) is 1. The summed E-state index contributed by atoms with van der Waals surface area (Å²) in [5.74, 6) is 1.31. The predicted molar refractivity (Wildman–Crippen MR) is 83.6 cm³/mol. The molecule has 0 saturated carbocycles. The standard InChI is InChI=1S/C13H12BrNO4S2/c14-12-5-6-13(20-12)21(16,17)15-7-9-8-18-10-3-1-2-4-11(10)19-9/h1-6,9,15H,7-8H2. The molecule has 2 aromatic rings. The van der Waals surface area contributed by atoms with Crippen LogP contribution in [0.25, 0.3) is 0 Å². The molecule has 3 rings (SSSR count). The lowest BCUT2D eigenvalue weighted by atomic mass is 10.2. The molecule has 0 spiro atoms. The number of halogens is 1. The van der Waals surface area contributed by atoms with Crippen molar-refractivity contribution >= 4 is 37.3 Å². The van der Waals surface area contributed by atoms with Crippen molar-refractivity contribution in [2.75, 3.05) is 13.2 Å². The third-order valence-electron chi connectivity index (χ3n) is 2.88. The molecule has 1 aliphatic heterocycles. The fourth-order valence-corrected chi connectivity index (χ4v) is 5.00. The van der Waals surface area contributed by atoms with Gasteiger partial charge in [-0.05, 0) is 40.2 Å². The van der Waals surface area contributed by atoms with E-state index < -0.39 is 10.0 Å². The normalized spacial score (nSPS) is 17.7. The molecule has 1 aliphatic rings. The van der Waals surface area contributed by atoms with E-state index in [9.17, 15) is 8.42 Å². The summed E-state index contributed by atoms with van der Waals surface area (Å²) in [7, 11) is -3.51. The van der Waals surface area contributed by atoms with Crippen LogP contribution >= 0.6 is 27.3 Å². The quantitative estimate of drug-likeness (QED) is 0.872. The fourth-order valence-electron chi connectivity index (χ4n) is 1.88. The van der Waals surface area contributed by atoms with Crippen LogP contribution in [0.15, 0.2) is 44.4 Å². The van der Waals surface area contributed by atoms with Crippen molar-refractivity contribution in [2.24, 2.45) is 0 Å². The largest absolute Gasteiger partial charge is 0.486 e. The van der Waals surface area contributed by atoms with Crippen molar-refractivity contribution in [1.82, 2.24) is 4.72 Å². The molecule has 1 aromatic heterocycles. The number of ether oxygens (including phenoxy) is 2. The summed E-state index contributed by atoms with van der Waals surface area (Å²) in [5.41, 5.74) is 0. The minimum atomic E-state index is -3.51. The van der Waals surface area contributed by atoms with E-state index in [0.717, 1.165) is 15.1 Å². The Morgan fingerprint density at radius 3 is 2.71 bits per heavy atom. The molecule has 1 N–H and O–H groups in total. The zero-order valence-electron chi connectivity index (χ0n) is 10.8. The van der Waals surface area contributed by atoms with Gasteiger partial charge in [-0.15, -0.1) is 11.3 Å². The van der Waals surface area contributed by atoms with Gasteiger partial charge >= 0.3 is 0 Å². The molecule has 0 saturated heterocycles. The third-order valence-corrected chi connectivity index (χ3v) is 6.42. The van der Waals surface area contributed by atoms with Crippen LogP contribution in [0.3, 0.4) is 0 Å². The highest BCUT2D eigenvalue weighted by atomic mass is 79.9. The number of rotatable bonds is 4. The molecule has 0 amide bonds. The van der Waals surface area contributed by atoms with Crippen LogP contribution in [0.2, 0.25) is 0 Å². The zero-order chi connectivity index (χ0) is 14.9. The van der Waals surface area contributed by atoms with E-state index >= 15 is 0 Å². The minimum Gasteiger partial charge on any atom is -0.486 e. The Hall–Kier alpha value is -1.09. The van der Waals surface area contributed by atoms with Crippen LogP contribution < -0.4 is 14.2 Å². The third kappa shape index (κ3) is 3.39. The Morgan fingerprint density at radius 1 is 1.24 bits per heavy atom. The van der Waals surface area contributed by atoms with Crippen LogP contribution in [0.5, 0.6) is 11.5 Å². The van der Waals surface area contributed by atoms with E-state index in [4.69, 9.17) is 9.47 Å². The van der Waals surface area contributed by atoms with Crippen LogP contribution in [-0.4, -0.2) is 27.7 Å². The van der Waals surface area contributed by atoms with Crippen molar-refractivity contribution in [2.45, 2.75) is 10.3 Å². The van der Waals surface area contributed by atoms with Gasteiger partial charge in [0.1, 0.15) is 16.9 Å². The van der Waals surface area contributed by atoms with Crippen LogP contribution in [0.4, 0.5) is 0 Å². The summed E-state index contributed by atoms with van der Waals surface area (Å²) in [6, 6.07) is 10.6. The smallest absolute Gasteiger partial charge is 0.250 e. The summed E-state index contributed by atoms with van der Waals surface area (Å²) >= 11 is 4.42. The van der Waals surface area contributed by atoms with Gasteiger partial charge in [-0.25, -0.2) is 13.1 Å². The number of thiophene rings is 1. The topological polar surface area (TPSA) is 64.6 Å². The first-order valence-corrected chi connectivity index (χ1v) is 9.27. The molecule has 1 atom stereocenters. The molecule has 8 heteroatoms. The van der Waals surface area contributed by atoms with E-state index in [2.05, 4.69) is 20.7 Å². The summed E-state index contributed by atoms with van der Waals surface area (Å²) in [5, 5.41) is 0. The molecule has 0 radical (unpaired) electrons. The maximum atomic E-state index is 12.1. The van der Waals surface area contributed by atoms with Crippen molar-refractivity contribution in [3.63, 3.8) is 0 Å². The van der Waals surface area contributed by atoms with Gasteiger partial charge in [-0.2, -0.15) is 0 Å². The summed E-state index contributed by atoms with van der Waals surface area (Å²) in [6.45, 7) is 0.472. The molecule has 0 bridgehead atoms. The summed E-state index contributed by atoms with van der Waals surface area (Å²) < 4.78 is 39.1. The lowest BCUT2D eigenvalue weighted by molar-refractivity contribution is 0.0943. The Morgan fingerprint density at radius 2 is 2.00 bits per heavy atom. The molecular formula is C13H12BrNO4S2. The first kappa shape index (κ1) is 14.8. The Balaban J connectivity index is 1.64. The molecular weight excluding hydrogens is 378 g/mol. The molecule has 2 heterocycles. The van der Waals surface area contributed by atoms with Crippen molar-refractivity contribution in [1.29, 1.82) is 0 Å². The number of para-hydroxylation sites is 2. The van der Waals surface area contributed by atoms with Gasteiger partial charge in [-0.1, -0.05) is 12.1 Å². The van der Waals surface area contributed by atoms with E-state index in [1.165, 1.54) is 0 Å². The van der Waals surface area contributed by atoms with E-state index in [1.807, 2.05) is 18.2 Å². The Bertz CT molecular complexity index is 744. The highest BCUT2D eigenvalue weighted by molar-refractivity contribution is 9.11. The molecule has 0 fully saturated rings. The number of hydrogen-bond acceptors (Lipinski definition) is 5. The van der Waals surface area contributed by atoms with Gasteiger partial charge in [0.15, 0.2) is 11.5 Å². The number of fused-ring (bicyclic) bond motifs is 1. The molecule has 0 aliphatic carbocycles. The van der Waals surface area contributed by atoms with Gasteiger partial charge in [0.05, 0.1) is 10.3 Å². The molecule has 5 nitrogen and oxygen atoms in total. The van der Waals surface area contributed by atoms with Crippen LogP contribution in [0, 0.1) is 0 Å². The number of benzene rings is 1. The van der Waals surface area contributed by atoms with E-state index in [1.54, 1.807) is 18.2 Å². The first-order valence-electron chi connectivity index (χ1n) is 6.18. The highest BCUT2D eigenvalue weighted by Gasteiger charge is 2.24. The second-order valence-corrected chi connectivity index (χ2v) is 8.86. The molecule has 112 valence electrons. The maximum absolute atomic E-state index is 12.1. The van der Waals surface area contributed by atoms with Crippen molar-refractivity contribution < 1.29 is 17.9 Å². The molecule has 21 heavy (non-hydrogen) atoms. The van der Waals surface area contributed by atoms with Crippen LogP contribution in [0.1, 0.15) is 0 Å². The Kier molecular flexibility index (Phi) is 4.21. The monoisotopic (exact) mass is 389 g/mol. The SMILES string of the molecule is O=S(=O)(NCC1COc2ccccc2O1)c1ccc(Br)s1. The minimum absolute atomic E-state index is 0.159. The molecule has 1 unspecified atom stereocenters. The second-order valence-electron chi connectivity index (χ2n) is 4.41. The van der Waals surface area contributed by atoms with Gasteiger partial charge in [0.2, 0.25) is 10.0 Å². The summed E-state index contributed by atoms with van der Waals surface area (Å²) in [4.78, 5) is 0. The van der Waals surface area contributed by atoms with Gasteiger partial charge in [-0.3, -0.25) is 0 Å². The predicted octanol–water partition coefficient (Wildman–Crippen LogP) is 2.63. The Labute approximate surface area is 135 Å². The van der Waals surface area contributed by atoms with Crippen LogP contribution in [-0.2, 0) is 10.0 Å². The molecule has 1 aromatic carbocycles. The zero-order valence-corrected chi connectivity index (χ0v) is 14.0. The lowest BCUT2D eigenvalue weighted by Gasteiger charge is -2.26. The van der Waals surface area contributed by atoms with Crippen molar-refractivity contribution in [3.05, 3.63) is 40.2 Å². The average molecular weight is 390 g/mol. The highest BCUT2D eigenvalue weighted by Crippen LogP contribution is 2.31. The summed E-state index contributed by atoms with van der Waals surface area (Å²) in [6.07, 6.45) is -0.349. The van der Waals surface area contributed by atoms with Gasteiger partial charge < -0.3 is 9.47 Å². The van der Waals surface area contributed by atoms with Gasteiger partial charge in [0, 0.05) is 0 Å². The van der Waals surface area contributed by atoms with Gasteiger partial charge in [0.25, 0.3) is 0 Å². The first-order chi connectivity index (χ1) is 10.0.